The van der Waals surface area contributed by atoms with Crippen LogP contribution in [0.25, 0.3) is 0 Å². The van der Waals surface area contributed by atoms with Crippen LogP contribution in [0.1, 0.15) is 55.4 Å². The van der Waals surface area contributed by atoms with Crippen LogP contribution in [-0.2, 0) is 0 Å². The molecule has 1 aromatic rings. The number of hydrogen-bond donors (Lipinski definition) is 0. The van der Waals surface area contributed by atoms with Crippen molar-refractivity contribution in [1.29, 1.82) is 0 Å². The van der Waals surface area contributed by atoms with E-state index in [9.17, 15) is 4.79 Å². The summed E-state index contributed by atoms with van der Waals surface area (Å²) in [6, 6.07) is 2.62. The first kappa shape index (κ1) is 16.8. The molecule has 6 nitrogen and oxygen atoms in total. The Balaban J connectivity index is 1.36. The van der Waals surface area contributed by atoms with Crippen molar-refractivity contribution >= 4 is 11.7 Å². The van der Waals surface area contributed by atoms with Crippen molar-refractivity contribution in [1.82, 2.24) is 19.8 Å². The molecule has 0 unspecified atom stereocenters. The van der Waals surface area contributed by atoms with Crippen molar-refractivity contribution in [2.75, 3.05) is 44.2 Å². The van der Waals surface area contributed by atoms with Gasteiger partial charge in [-0.15, -0.1) is 0 Å². The molecule has 1 aliphatic carbocycles. The first-order valence-corrected chi connectivity index (χ1v) is 9.91. The van der Waals surface area contributed by atoms with Crippen LogP contribution in [0.5, 0.6) is 0 Å². The first-order valence-electron chi connectivity index (χ1n) is 9.91. The number of carbonyl (C=O) groups is 1. The second kappa shape index (κ2) is 7.68. The highest BCUT2D eigenvalue weighted by atomic mass is 16.2. The van der Waals surface area contributed by atoms with E-state index in [1.807, 2.05) is 11.0 Å². The van der Waals surface area contributed by atoms with E-state index in [4.69, 9.17) is 0 Å². The third-order valence-electron chi connectivity index (χ3n) is 5.99. The van der Waals surface area contributed by atoms with E-state index in [-0.39, 0.29) is 5.91 Å². The molecule has 1 amide bonds. The van der Waals surface area contributed by atoms with Crippen LogP contribution in [-0.4, -0.2) is 71.0 Å². The van der Waals surface area contributed by atoms with Crippen LogP contribution in [0.2, 0.25) is 0 Å². The molecule has 3 heterocycles. The predicted octanol–water partition coefficient (Wildman–Crippen LogP) is 2.17. The fourth-order valence-electron chi connectivity index (χ4n) is 4.48. The Morgan fingerprint density at radius 1 is 0.880 bits per heavy atom. The van der Waals surface area contributed by atoms with E-state index in [1.165, 1.54) is 44.9 Å². The summed E-state index contributed by atoms with van der Waals surface area (Å²) in [6.45, 7) is 5.70. The normalized spacial score (nSPS) is 23.2. The number of amides is 1. The number of carbonyl (C=O) groups excluding carboxylic acids is 1. The molecule has 2 aliphatic heterocycles. The minimum atomic E-state index is 0.0612. The molecule has 1 saturated carbocycles. The lowest BCUT2D eigenvalue weighted by Crippen LogP contribution is -2.52. The van der Waals surface area contributed by atoms with Crippen molar-refractivity contribution in [2.45, 2.75) is 51.0 Å². The van der Waals surface area contributed by atoms with Gasteiger partial charge in [-0.2, -0.15) is 0 Å². The van der Waals surface area contributed by atoms with Gasteiger partial charge in [0.2, 0.25) is 0 Å². The van der Waals surface area contributed by atoms with E-state index in [1.54, 1.807) is 6.33 Å². The minimum absolute atomic E-state index is 0.0612. The van der Waals surface area contributed by atoms with E-state index < -0.39 is 0 Å². The van der Waals surface area contributed by atoms with Crippen LogP contribution in [0.4, 0.5) is 5.82 Å². The number of aromatic nitrogens is 2. The summed E-state index contributed by atoms with van der Waals surface area (Å²) in [5.74, 6) is 0.961. The molecule has 3 fully saturated rings. The molecule has 0 atom stereocenters. The highest BCUT2D eigenvalue weighted by Gasteiger charge is 2.28. The van der Waals surface area contributed by atoms with Crippen molar-refractivity contribution in [3.63, 3.8) is 0 Å². The van der Waals surface area contributed by atoms with Gasteiger partial charge >= 0.3 is 0 Å². The van der Waals surface area contributed by atoms with Gasteiger partial charge in [0.25, 0.3) is 5.91 Å². The molecule has 0 spiro atoms. The maximum Gasteiger partial charge on any atom is 0.272 e. The maximum atomic E-state index is 12.8. The maximum absolute atomic E-state index is 12.8. The number of rotatable bonds is 3. The third kappa shape index (κ3) is 3.78. The standard InChI is InChI=1S/C19H29N5O/c25-19(17-14-18(21-15-20-17)23-8-4-5-9-23)24-12-10-22(11-13-24)16-6-2-1-3-7-16/h14-16H,1-13H2. The van der Waals surface area contributed by atoms with Gasteiger partial charge in [0, 0.05) is 51.4 Å². The number of hydrogen-bond acceptors (Lipinski definition) is 5. The second-order valence-corrected chi connectivity index (χ2v) is 7.58. The van der Waals surface area contributed by atoms with Gasteiger partial charge in [0.15, 0.2) is 0 Å². The molecule has 2 saturated heterocycles. The summed E-state index contributed by atoms with van der Waals surface area (Å²) in [5, 5.41) is 0. The van der Waals surface area contributed by atoms with Crippen LogP contribution in [0.15, 0.2) is 12.4 Å². The van der Waals surface area contributed by atoms with Gasteiger partial charge < -0.3 is 9.80 Å². The topological polar surface area (TPSA) is 52.6 Å². The summed E-state index contributed by atoms with van der Waals surface area (Å²) in [4.78, 5) is 28.3. The van der Waals surface area contributed by atoms with E-state index in [2.05, 4.69) is 19.8 Å². The molecule has 136 valence electrons. The summed E-state index contributed by atoms with van der Waals surface area (Å²) in [7, 11) is 0. The molecule has 0 N–H and O–H groups in total. The number of anilines is 1. The predicted molar refractivity (Wildman–Crippen MR) is 97.8 cm³/mol. The molecule has 0 aromatic carbocycles. The van der Waals surface area contributed by atoms with Crippen molar-refractivity contribution < 1.29 is 4.79 Å². The highest BCUT2D eigenvalue weighted by Crippen LogP contribution is 2.24. The first-order chi connectivity index (χ1) is 12.3. The monoisotopic (exact) mass is 343 g/mol. The van der Waals surface area contributed by atoms with Crippen LogP contribution in [0.3, 0.4) is 0 Å². The van der Waals surface area contributed by atoms with Crippen molar-refractivity contribution in [2.24, 2.45) is 0 Å². The highest BCUT2D eigenvalue weighted by molar-refractivity contribution is 5.93. The smallest absolute Gasteiger partial charge is 0.272 e. The zero-order valence-corrected chi connectivity index (χ0v) is 15.1. The van der Waals surface area contributed by atoms with Gasteiger partial charge in [-0.25, -0.2) is 9.97 Å². The molecule has 6 heteroatoms. The quantitative estimate of drug-likeness (QED) is 0.842. The fraction of sp³-hybridized carbons (Fsp3) is 0.737. The SMILES string of the molecule is O=C(c1cc(N2CCCC2)ncn1)N1CCN(C2CCCCC2)CC1. The summed E-state index contributed by atoms with van der Waals surface area (Å²) >= 11 is 0. The lowest BCUT2D eigenvalue weighted by atomic mass is 9.94. The molecule has 25 heavy (non-hydrogen) atoms. The summed E-state index contributed by atoms with van der Waals surface area (Å²) in [5.41, 5.74) is 0.544. The average molecular weight is 343 g/mol. The molecule has 0 bridgehead atoms. The molecular formula is C19H29N5O. The molecule has 0 radical (unpaired) electrons. The molecule has 1 aromatic heterocycles. The Morgan fingerprint density at radius 2 is 1.60 bits per heavy atom. The van der Waals surface area contributed by atoms with Gasteiger partial charge in [-0.3, -0.25) is 9.69 Å². The van der Waals surface area contributed by atoms with Gasteiger partial charge in [-0.05, 0) is 25.7 Å². The molecular weight excluding hydrogens is 314 g/mol. The lowest BCUT2D eigenvalue weighted by Gasteiger charge is -2.40. The van der Waals surface area contributed by atoms with E-state index >= 15 is 0 Å². The van der Waals surface area contributed by atoms with Crippen molar-refractivity contribution in [3.05, 3.63) is 18.1 Å². The fourth-order valence-corrected chi connectivity index (χ4v) is 4.48. The Morgan fingerprint density at radius 3 is 2.32 bits per heavy atom. The zero-order chi connectivity index (χ0) is 17.1. The number of piperazine rings is 1. The van der Waals surface area contributed by atoms with Gasteiger partial charge in [-0.1, -0.05) is 19.3 Å². The zero-order valence-electron chi connectivity index (χ0n) is 15.1. The van der Waals surface area contributed by atoms with E-state index in [0.717, 1.165) is 51.1 Å². The average Bonchev–Trinajstić information content (AvgIpc) is 3.23. The Labute approximate surface area is 150 Å². The summed E-state index contributed by atoms with van der Waals surface area (Å²) in [6.07, 6.45) is 10.7. The largest absolute Gasteiger partial charge is 0.357 e. The number of nitrogens with zero attached hydrogens (tertiary/aromatic N) is 5. The Bertz CT molecular complexity index is 587. The Hall–Kier alpha value is -1.69. The van der Waals surface area contributed by atoms with Crippen molar-refractivity contribution in [3.8, 4) is 0 Å². The van der Waals surface area contributed by atoms with Crippen LogP contribution >= 0.6 is 0 Å². The summed E-state index contributed by atoms with van der Waals surface area (Å²) < 4.78 is 0. The second-order valence-electron chi connectivity index (χ2n) is 7.58. The van der Waals surface area contributed by atoms with E-state index in [0.29, 0.717) is 5.69 Å². The molecule has 4 rings (SSSR count). The Kier molecular flexibility index (Phi) is 5.15. The molecule has 3 aliphatic rings. The van der Waals surface area contributed by atoms with Crippen LogP contribution < -0.4 is 4.90 Å². The van der Waals surface area contributed by atoms with Gasteiger partial charge in [0.1, 0.15) is 17.8 Å². The van der Waals surface area contributed by atoms with Gasteiger partial charge in [0.05, 0.1) is 0 Å². The van der Waals surface area contributed by atoms with Crippen LogP contribution in [0, 0.1) is 0 Å². The third-order valence-corrected chi connectivity index (χ3v) is 5.99. The lowest BCUT2D eigenvalue weighted by molar-refractivity contribution is 0.0518. The minimum Gasteiger partial charge on any atom is -0.357 e.